The molecule has 0 spiro atoms. The highest BCUT2D eigenvalue weighted by molar-refractivity contribution is 7.80. The van der Waals surface area contributed by atoms with Crippen LogP contribution in [0, 0.1) is 5.41 Å². The van der Waals surface area contributed by atoms with Gasteiger partial charge < -0.3 is 9.99 Å². The maximum atomic E-state index is 13.2. The van der Waals surface area contributed by atoms with Gasteiger partial charge in [-0.2, -0.15) is 0 Å². The molecule has 1 saturated heterocycles. The number of carbonyl (C=O) groups excluding carboxylic acids is 2. The Balaban J connectivity index is 1.57. The second-order valence-corrected chi connectivity index (χ2v) is 8.20. The van der Waals surface area contributed by atoms with E-state index < -0.39 is 11.8 Å². The smallest absolute Gasteiger partial charge is 0.265 e. The standard InChI is InChI=1S/C25H24N6O2S/c1-30-19(11-12-21(30)17-7-9-18(10-8-17)22(26)29-27)15-20-23(32)28-25(34)31(24(20)33)14-13-16-5-3-2-4-6-16/h2-12,15H,13-14,27H2,1H3,(H2,26,29)(H,28,32,34)/b20-15+. The number of hydrazine groups is 1. The van der Waals surface area contributed by atoms with Crippen molar-refractivity contribution < 1.29 is 9.59 Å². The number of benzene rings is 2. The number of hydrogen-bond acceptors (Lipinski definition) is 5. The second-order valence-electron chi connectivity index (χ2n) is 7.81. The highest BCUT2D eigenvalue weighted by Gasteiger charge is 2.33. The second kappa shape index (κ2) is 9.82. The largest absolute Gasteiger partial charge is 0.344 e. The van der Waals surface area contributed by atoms with Gasteiger partial charge in [-0.05, 0) is 48.0 Å². The molecular weight excluding hydrogens is 448 g/mol. The summed E-state index contributed by atoms with van der Waals surface area (Å²) < 4.78 is 1.90. The third-order valence-corrected chi connectivity index (χ3v) is 6.04. The van der Waals surface area contributed by atoms with E-state index >= 15 is 0 Å². The van der Waals surface area contributed by atoms with Crippen molar-refractivity contribution in [3.8, 4) is 11.3 Å². The van der Waals surface area contributed by atoms with Crippen LogP contribution in [-0.4, -0.2) is 38.8 Å². The van der Waals surface area contributed by atoms with Gasteiger partial charge in [0, 0.05) is 30.5 Å². The van der Waals surface area contributed by atoms with Gasteiger partial charge in [-0.1, -0.05) is 54.6 Å². The molecule has 2 heterocycles. The number of nitrogens with two attached hydrogens (primary N) is 1. The average molecular weight is 473 g/mol. The molecule has 34 heavy (non-hydrogen) atoms. The van der Waals surface area contributed by atoms with Crippen molar-refractivity contribution in [2.75, 3.05) is 6.54 Å². The fourth-order valence-electron chi connectivity index (χ4n) is 3.78. The maximum Gasteiger partial charge on any atom is 0.265 e. The van der Waals surface area contributed by atoms with E-state index in [1.807, 2.05) is 66.2 Å². The van der Waals surface area contributed by atoms with Gasteiger partial charge in [-0.3, -0.25) is 25.2 Å². The van der Waals surface area contributed by atoms with E-state index in [0.717, 1.165) is 16.8 Å². The van der Waals surface area contributed by atoms with E-state index in [-0.39, 0.29) is 16.5 Å². The lowest BCUT2D eigenvalue weighted by atomic mass is 10.1. The van der Waals surface area contributed by atoms with Crippen LogP contribution in [0.2, 0.25) is 0 Å². The number of nitrogens with one attached hydrogen (secondary N) is 3. The van der Waals surface area contributed by atoms with Crippen molar-refractivity contribution in [2.45, 2.75) is 6.42 Å². The van der Waals surface area contributed by atoms with Crippen LogP contribution in [0.3, 0.4) is 0 Å². The number of carbonyl (C=O) groups is 2. The number of amidine groups is 1. The fourth-order valence-corrected chi connectivity index (χ4v) is 4.05. The molecule has 4 rings (SSSR count). The number of rotatable bonds is 6. The van der Waals surface area contributed by atoms with Crippen LogP contribution in [0.5, 0.6) is 0 Å². The monoisotopic (exact) mass is 472 g/mol. The van der Waals surface area contributed by atoms with E-state index in [1.54, 1.807) is 18.2 Å². The summed E-state index contributed by atoms with van der Waals surface area (Å²) in [6, 6.07) is 20.9. The molecule has 172 valence electrons. The average Bonchev–Trinajstić information content (AvgIpc) is 3.21. The molecule has 2 aromatic carbocycles. The highest BCUT2D eigenvalue weighted by Crippen LogP contribution is 2.24. The normalized spacial score (nSPS) is 14.9. The number of thiocarbonyl (C=S) groups is 1. The molecule has 3 aromatic rings. The highest BCUT2D eigenvalue weighted by atomic mass is 32.1. The van der Waals surface area contributed by atoms with E-state index in [0.29, 0.717) is 24.2 Å². The fraction of sp³-hybridized carbons (Fsp3) is 0.120. The lowest BCUT2D eigenvalue weighted by Gasteiger charge is -2.29. The molecule has 0 atom stereocenters. The van der Waals surface area contributed by atoms with Crippen molar-refractivity contribution >= 4 is 41.1 Å². The number of aromatic nitrogens is 1. The summed E-state index contributed by atoms with van der Waals surface area (Å²) in [5, 5.41) is 10.5. The lowest BCUT2D eigenvalue weighted by Crippen LogP contribution is -2.54. The summed E-state index contributed by atoms with van der Waals surface area (Å²) in [5.74, 6) is 4.51. The van der Waals surface area contributed by atoms with Crippen molar-refractivity contribution in [1.29, 1.82) is 5.41 Å². The summed E-state index contributed by atoms with van der Waals surface area (Å²) >= 11 is 5.26. The van der Waals surface area contributed by atoms with Gasteiger partial charge in [0.05, 0.1) is 0 Å². The third-order valence-electron chi connectivity index (χ3n) is 5.72. The summed E-state index contributed by atoms with van der Waals surface area (Å²) in [6.45, 7) is 0.372. The molecule has 1 fully saturated rings. The van der Waals surface area contributed by atoms with Crippen molar-refractivity contribution in [3.05, 3.63) is 89.1 Å². The first-order valence-electron chi connectivity index (χ1n) is 10.6. The Hall–Kier alpha value is -4.08. The molecule has 0 aliphatic carbocycles. The number of amides is 2. The molecule has 0 saturated carbocycles. The van der Waals surface area contributed by atoms with Crippen LogP contribution in [0.4, 0.5) is 0 Å². The zero-order valence-corrected chi connectivity index (χ0v) is 19.4. The van der Waals surface area contributed by atoms with Crippen LogP contribution in [0.1, 0.15) is 16.8 Å². The van der Waals surface area contributed by atoms with Crippen LogP contribution < -0.4 is 16.6 Å². The van der Waals surface area contributed by atoms with Gasteiger partial charge in [0.2, 0.25) is 0 Å². The minimum Gasteiger partial charge on any atom is -0.344 e. The Kier molecular flexibility index (Phi) is 6.67. The van der Waals surface area contributed by atoms with Gasteiger partial charge in [0.1, 0.15) is 11.4 Å². The van der Waals surface area contributed by atoms with Gasteiger partial charge in [0.15, 0.2) is 5.11 Å². The summed E-state index contributed by atoms with van der Waals surface area (Å²) in [6.07, 6.45) is 2.21. The molecule has 1 aliphatic rings. The minimum atomic E-state index is -0.508. The SMILES string of the molecule is Cn1c(/C=C2\C(=O)NC(=S)N(CCc3ccccc3)C2=O)ccc1-c1ccc(C(=N)NN)cc1. The summed E-state index contributed by atoms with van der Waals surface area (Å²) in [5.41, 5.74) is 6.62. The Morgan fingerprint density at radius 2 is 1.79 bits per heavy atom. The van der Waals surface area contributed by atoms with E-state index in [4.69, 9.17) is 23.5 Å². The zero-order valence-electron chi connectivity index (χ0n) is 18.5. The predicted octanol–water partition coefficient (Wildman–Crippen LogP) is 2.35. The Labute approximate surface area is 202 Å². The van der Waals surface area contributed by atoms with Crippen molar-refractivity contribution in [1.82, 2.24) is 20.2 Å². The third kappa shape index (κ3) is 4.66. The molecule has 0 radical (unpaired) electrons. The molecule has 0 bridgehead atoms. The predicted molar refractivity (Wildman–Crippen MR) is 136 cm³/mol. The van der Waals surface area contributed by atoms with Gasteiger partial charge in [-0.25, -0.2) is 5.84 Å². The quantitative estimate of drug-likeness (QED) is 0.0836. The van der Waals surface area contributed by atoms with Gasteiger partial charge in [0.25, 0.3) is 11.8 Å². The van der Waals surface area contributed by atoms with Gasteiger partial charge >= 0.3 is 0 Å². The number of hydrogen-bond donors (Lipinski definition) is 4. The van der Waals surface area contributed by atoms with Crippen molar-refractivity contribution in [3.63, 3.8) is 0 Å². The van der Waals surface area contributed by atoms with E-state index in [1.165, 1.54) is 4.90 Å². The molecule has 2 amide bonds. The van der Waals surface area contributed by atoms with E-state index in [9.17, 15) is 9.59 Å². The van der Waals surface area contributed by atoms with Crippen LogP contribution in [-0.2, 0) is 23.1 Å². The molecular formula is C25H24N6O2S. The molecule has 1 aliphatic heterocycles. The lowest BCUT2D eigenvalue weighted by molar-refractivity contribution is -0.128. The van der Waals surface area contributed by atoms with Crippen molar-refractivity contribution in [2.24, 2.45) is 12.9 Å². The molecule has 8 nitrogen and oxygen atoms in total. The molecule has 0 unspecified atom stereocenters. The number of nitrogens with zero attached hydrogens (tertiary/aromatic N) is 2. The molecule has 5 N–H and O–H groups in total. The van der Waals surface area contributed by atoms with Crippen LogP contribution >= 0.6 is 12.2 Å². The first kappa shape index (κ1) is 23.1. The van der Waals surface area contributed by atoms with E-state index in [2.05, 4.69) is 10.7 Å². The van der Waals surface area contributed by atoms with Gasteiger partial charge in [-0.15, -0.1) is 0 Å². The Morgan fingerprint density at radius 3 is 2.47 bits per heavy atom. The Bertz CT molecular complexity index is 1290. The zero-order chi connectivity index (χ0) is 24.2. The molecule has 1 aromatic heterocycles. The summed E-state index contributed by atoms with van der Waals surface area (Å²) in [4.78, 5) is 27.2. The topological polar surface area (TPSA) is 116 Å². The van der Waals surface area contributed by atoms with Crippen LogP contribution in [0.15, 0.2) is 72.3 Å². The van der Waals surface area contributed by atoms with Crippen LogP contribution in [0.25, 0.3) is 17.3 Å². The summed E-state index contributed by atoms with van der Waals surface area (Å²) in [7, 11) is 1.86. The first-order valence-corrected chi connectivity index (χ1v) is 11.0. The minimum absolute atomic E-state index is 0.0345. The first-order chi connectivity index (χ1) is 16.4. The molecule has 9 heteroatoms. The Morgan fingerprint density at radius 1 is 1.09 bits per heavy atom. The maximum absolute atomic E-state index is 13.2.